The van der Waals surface area contributed by atoms with Crippen molar-refractivity contribution in [1.29, 1.82) is 0 Å². The predicted molar refractivity (Wildman–Crippen MR) is 72.3 cm³/mol. The van der Waals surface area contributed by atoms with Crippen LogP contribution < -0.4 is 5.32 Å². The van der Waals surface area contributed by atoms with Gasteiger partial charge >= 0.3 is 6.09 Å². The standard InChI is InChI=1S/C13H16N4O2/c18-13(19)17-5-3-10(4-6-17)15-11-1-2-12-9(7-11)8-14-16-12/h1-2,7-8,10,15H,3-6H2,(H,14,16)(H,18,19). The van der Waals surface area contributed by atoms with Crippen molar-refractivity contribution in [2.24, 2.45) is 0 Å². The minimum atomic E-state index is -0.821. The predicted octanol–water partition coefficient (Wildman–Crippen LogP) is 2.12. The van der Waals surface area contributed by atoms with E-state index >= 15 is 0 Å². The number of hydrogen-bond donors (Lipinski definition) is 3. The Morgan fingerprint density at radius 2 is 2.21 bits per heavy atom. The third kappa shape index (κ3) is 2.47. The molecule has 0 aliphatic carbocycles. The van der Waals surface area contributed by atoms with Crippen molar-refractivity contribution in [3.63, 3.8) is 0 Å². The summed E-state index contributed by atoms with van der Waals surface area (Å²) in [5.74, 6) is 0. The van der Waals surface area contributed by atoms with Crippen LogP contribution in [0.25, 0.3) is 10.9 Å². The van der Waals surface area contributed by atoms with E-state index in [9.17, 15) is 4.79 Å². The van der Waals surface area contributed by atoms with Crippen LogP contribution in [-0.4, -0.2) is 45.4 Å². The lowest BCUT2D eigenvalue weighted by Gasteiger charge is -2.31. The zero-order valence-electron chi connectivity index (χ0n) is 10.5. The van der Waals surface area contributed by atoms with Gasteiger partial charge in [-0.05, 0) is 31.0 Å². The van der Waals surface area contributed by atoms with Gasteiger partial charge in [-0.1, -0.05) is 0 Å². The fourth-order valence-corrected chi connectivity index (χ4v) is 2.48. The Kier molecular flexibility index (Phi) is 2.98. The number of nitrogens with zero attached hydrogens (tertiary/aromatic N) is 2. The van der Waals surface area contributed by atoms with Crippen molar-refractivity contribution in [2.45, 2.75) is 18.9 Å². The van der Waals surface area contributed by atoms with Crippen LogP contribution in [0.3, 0.4) is 0 Å². The highest BCUT2D eigenvalue weighted by molar-refractivity contribution is 5.81. The molecule has 0 saturated carbocycles. The second-order valence-corrected chi connectivity index (χ2v) is 4.86. The van der Waals surface area contributed by atoms with E-state index in [-0.39, 0.29) is 0 Å². The van der Waals surface area contributed by atoms with Gasteiger partial charge in [0.2, 0.25) is 0 Å². The number of carboxylic acid groups (broad SMARTS) is 1. The van der Waals surface area contributed by atoms with Gasteiger partial charge in [-0.25, -0.2) is 4.79 Å². The number of likely N-dealkylation sites (tertiary alicyclic amines) is 1. The van der Waals surface area contributed by atoms with Crippen molar-refractivity contribution in [2.75, 3.05) is 18.4 Å². The highest BCUT2D eigenvalue weighted by Crippen LogP contribution is 2.20. The molecule has 19 heavy (non-hydrogen) atoms. The van der Waals surface area contributed by atoms with Gasteiger partial charge in [-0.3, -0.25) is 5.10 Å². The number of aromatic nitrogens is 2. The molecule has 3 rings (SSSR count). The van der Waals surface area contributed by atoms with Gasteiger partial charge in [0, 0.05) is 30.2 Å². The first-order chi connectivity index (χ1) is 9.22. The third-order valence-electron chi connectivity index (χ3n) is 3.58. The summed E-state index contributed by atoms with van der Waals surface area (Å²) in [4.78, 5) is 12.3. The molecule has 1 aliphatic rings. The molecule has 1 saturated heterocycles. The van der Waals surface area contributed by atoms with Gasteiger partial charge in [-0.2, -0.15) is 5.10 Å². The molecule has 6 heteroatoms. The molecule has 100 valence electrons. The van der Waals surface area contributed by atoms with Crippen molar-refractivity contribution in [3.05, 3.63) is 24.4 Å². The molecule has 1 fully saturated rings. The number of rotatable bonds is 2. The van der Waals surface area contributed by atoms with Crippen LogP contribution >= 0.6 is 0 Å². The molecule has 0 spiro atoms. The Hall–Kier alpha value is -2.24. The number of amides is 1. The maximum Gasteiger partial charge on any atom is 0.407 e. The van der Waals surface area contributed by atoms with E-state index < -0.39 is 6.09 Å². The fraction of sp³-hybridized carbons (Fsp3) is 0.385. The Labute approximate surface area is 110 Å². The van der Waals surface area contributed by atoms with E-state index in [1.165, 1.54) is 4.90 Å². The number of anilines is 1. The van der Waals surface area contributed by atoms with Gasteiger partial charge in [0.15, 0.2) is 0 Å². The summed E-state index contributed by atoms with van der Waals surface area (Å²) in [5.41, 5.74) is 2.08. The van der Waals surface area contributed by atoms with E-state index in [1.54, 1.807) is 6.20 Å². The van der Waals surface area contributed by atoms with Crippen LogP contribution in [0.4, 0.5) is 10.5 Å². The van der Waals surface area contributed by atoms with Crippen LogP contribution in [-0.2, 0) is 0 Å². The highest BCUT2D eigenvalue weighted by Gasteiger charge is 2.21. The molecule has 0 radical (unpaired) electrons. The molecule has 0 bridgehead atoms. The average Bonchev–Trinajstić information content (AvgIpc) is 2.87. The first-order valence-electron chi connectivity index (χ1n) is 6.40. The SMILES string of the molecule is O=C(O)N1CCC(Nc2ccc3[nH]ncc3c2)CC1. The van der Waals surface area contributed by atoms with Gasteiger partial charge in [0.1, 0.15) is 0 Å². The van der Waals surface area contributed by atoms with Crippen molar-refractivity contribution >= 4 is 22.7 Å². The van der Waals surface area contributed by atoms with Crippen LogP contribution in [0.15, 0.2) is 24.4 Å². The van der Waals surface area contributed by atoms with E-state index in [1.807, 2.05) is 12.1 Å². The largest absolute Gasteiger partial charge is 0.465 e. The lowest BCUT2D eigenvalue weighted by atomic mass is 10.0. The van der Waals surface area contributed by atoms with Crippen LogP contribution in [0.1, 0.15) is 12.8 Å². The first kappa shape index (κ1) is 11.8. The summed E-state index contributed by atoms with van der Waals surface area (Å²) < 4.78 is 0. The number of aromatic amines is 1. The number of piperidine rings is 1. The number of hydrogen-bond acceptors (Lipinski definition) is 3. The van der Waals surface area contributed by atoms with Gasteiger partial charge < -0.3 is 15.3 Å². The molecular weight excluding hydrogens is 244 g/mol. The van der Waals surface area contributed by atoms with Crippen LogP contribution in [0.2, 0.25) is 0 Å². The molecule has 3 N–H and O–H groups in total. The number of fused-ring (bicyclic) bond motifs is 1. The van der Waals surface area contributed by atoms with Crippen LogP contribution in [0, 0.1) is 0 Å². The summed E-state index contributed by atoms with van der Waals surface area (Å²) in [6.07, 6.45) is 2.66. The number of benzene rings is 1. The molecule has 6 nitrogen and oxygen atoms in total. The summed E-state index contributed by atoms with van der Waals surface area (Å²) in [7, 11) is 0. The smallest absolute Gasteiger partial charge is 0.407 e. The Balaban J connectivity index is 1.64. The minimum absolute atomic E-state index is 0.333. The molecule has 1 aromatic carbocycles. The van der Waals surface area contributed by atoms with E-state index in [0.29, 0.717) is 19.1 Å². The van der Waals surface area contributed by atoms with Gasteiger partial charge in [-0.15, -0.1) is 0 Å². The average molecular weight is 260 g/mol. The molecule has 1 aromatic heterocycles. The van der Waals surface area contributed by atoms with E-state index in [0.717, 1.165) is 29.4 Å². The fourth-order valence-electron chi connectivity index (χ4n) is 2.48. The van der Waals surface area contributed by atoms with Gasteiger partial charge in [0.25, 0.3) is 0 Å². The number of nitrogens with one attached hydrogen (secondary N) is 2. The van der Waals surface area contributed by atoms with E-state index in [2.05, 4.69) is 21.6 Å². The maximum atomic E-state index is 10.8. The molecule has 1 aliphatic heterocycles. The normalized spacial score (nSPS) is 16.7. The number of H-pyrrole nitrogens is 1. The monoisotopic (exact) mass is 260 g/mol. The Bertz CT molecular complexity index is 587. The van der Waals surface area contributed by atoms with Crippen LogP contribution in [0.5, 0.6) is 0 Å². The highest BCUT2D eigenvalue weighted by atomic mass is 16.4. The van der Waals surface area contributed by atoms with Crippen molar-refractivity contribution < 1.29 is 9.90 Å². The molecule has 2 aromatic rings. The second kappa shape index (κ2) is 4.79. The summed E-state index contributed by atoms with van der Waals surface area (Å²) >= 11 is 0. The second-order valence-electron chi connectivity index (χ2n) is 4.86. The third-order valence-corrected chi connectivity index (χ3v) is 3.58. The lowest BCUT2D eigenvalue weighted by molar-refractivity contribution is 0.134. The zero-order chi connectivity index (χ0) is 13.2. The quantitative estimate of drug-likeness (QED) is 0.772. The summed E-state index contributed by atoms with van der Waals surface area (Å²) in [5, 5.41) is 20.4. The number of carbonyl (C=O) groups is 1. The molecule has 1 amide bonds. The zero-order valence-corrected chi connectivity index (χ0v) is 10.5. The molecule has 2 heterocycles. The first-order valence-corrected chi connectivity index (χ1v) is 6.40. The Morgan fingerprint density at radius 3 is 2.95 bits per heavy atom. The summed E-state index contributed by atoms with van der Waals surface area (Å²) in [6.45, 7) is 1.20. The topological polar surface area (TPSA) is 81.2 Å². The maximum absolute atomic E-state index is 10.8. The minimum Gasteiger partial charge on any atom is -0.465 e. The molecule has 0 atom stereocenters. The van der Waals surface area contributed by atoms with E-state index in [4.69, 9.17) is 5.11 Å². The van der Waals surface area contributed by atoms with Crippen molar-refractivity contribution in [3.8, 4) is 0 Å². The lowest BCUT2D eigenvalue weighted by Crippen LogP contribution is -2.41. The van der Waals surface area contributed by atoms with Gasteiger partial charge in [0.05, 0.1) is 11.7 Å². The van der Waals surface area contributed by atoms with Crippen molar-refractivity contribution in [1.82, 2.24) is 15.1 Å². The molecule has 0 unspecified atom stereocenters. The molecular formula is C13H16N4O2. The Morgan fingerprint density at radius 1 is 1.42 bits per heavy atom. The summed E-state index contributed by atoms with van der Waals surface area (Å²) in [6, 6.07) is 6.41.